The lowest BCUT2D eigenvalue weighted by Crippen LogP contribution is -2.02. The molecule has 24 heavy (non-hydrogen) atoms. The minimum Gasteiger partial charge on any atom is -0.478 e. The van der Waals surface area contributed by atoms with E-state index in [2.05, 4.69) is 4.98 Å². The number of hydrogen-bond acceptors (Lipinski definition) is 3. The topological polar surface area (TPSA) is 62.3 Å². The zero-order valence-electron chi connectivity index (χ0n) is 12.2. The highest BCUT2D eigenvalue weighted by Crippen LogP contribution is 2.41. The van der Waals surface area contributed by atoms with Gasteiger partial charge in [-0.15, -0.1) is 11.8 Å². The van der Waals surface area contributed by atoms with Crippen molar-refractivity contribution in [3.05, 3.63) is 53.5 Å². The van der Waals surface area contributed by atoms with Crippen molar-refractivity contribution in [2.24, 2.45) is 0 Å². The zero-order valence-corrected chi connectivity index (χ0v) is 13.0. The number of carbonyl (C=O) groups is 1. The van der Waals surface area contributed by atoms with E-state index in [9.17, 15) is 18.0 Å². The van der Waals surface area contributed by atoms with E-state index in [0.29, 0.717) is 10.3 Å². The van der Waals surface area contributed by atoms with Crippen molar-refractivity contribution in [1.82, 2.24) is 4.98 Å². The predicted octanol–water partition coefficient (Wildman–Crippen LogP) is 4.80. The molecule has 0 atom stereocenters. The highest BCUT2D eigenvalue weighted by molar-refractivity contribution is 7.99. The lowest BCUT2D eigenvalue weighted by molar-refractivity contribution is 0.0691. The van der Waals surface area contributed by atoms with Gasteiger partial charge in [0.2, 0.25) is 5.82 Å². The minimum absolute atomic E-state index is 0.00883. The van der Waals surface area contributed by atoms with Gasteiger partial charge in [-0.05, 0) is 30.5 Å². The summed E-state index contributed by atoms with van der Waals surface area (Å²) in [5, 5.41) is 9.36. The number of halogens is 3. The van der Waals surface area contributed by atoms with Crippen LogP contribution in [-0.2, 0) is 0 Å². The summed E-state index contributed by atoms with van der Waals surface area (Å²) in [6.45, 7) is 0. The van der Waals surface area contributed by atoms with Crippen molar-refractivity contribution >= 4 is 28.6 Å². The normalized spacial score (nSPS) is 11.0. The number of fused-ring (bicyclic) bond motifs is 1. The average molecular weight is 353 g/mol. The number of ether oxygens (including phenoxy) is 1. The van der Waals surface area contributed by atoms with Crippen molar-refractivity contribution in [2.75, 3.05) is 6.26 Å². The van der Waals surface area contributed by atoms with Gasteiger partial charge in [-0.1, -0.05) is 0 Å². The predicted molar refractivity (Wildman–Crippen MR) is 83.4 cm³/mol. The maximum absolute atomic E-state index is 14.4. The Kier molecular flexibility index (Phi) is 4.15. The van der Waals surface area contributed by atoms with Crippen molar-refractivity contribution in [2.45, 2.75) is 4.90 Å². The van der Waals surface area contributed by atoms with Gasteiger partial charge in [0, 0.05) is 11.6 Å². The molecule has 0 amide bonds. The molecule has 0 unspecified atom stereocenters. The first-order valence-corrected chi connectivity index (χ1v) is 7.89. The SMILES string of the molecule is CSc1c(Oc2ccc(F)c(C(=O)O)c2)c(F)c(F)c2[nH]ccc12. The minimum atomic E-state index is -1.49. The van der Waals surface area contributed by atoms with E-state index in [1.807, 2.05) is 0 Å². The summed E-state index contributed by atoms with van der Waals surface area (Å²) in [7, 11) is 0. The van der Waals surface area contributed by atoms with Gasteiger partial charge in [-0.25, -0.2) is 13.6 Å². The van der Waals surface area contributed by atoms with E-state index in [0.717, 1.165) is 30.0 Å². The molecule has 0 radical (unpaired) electrons. The number of rotatable bonds is 4. The van der Waals surface area contributed by atoms with Crippen molar-refractivity contribution in [3.8, 4) is 11.5 Å². The second kappa shape index (κ2) is 6.12. The number of H-pyrrole nitrogens is 1. The first-order chi connectivity index (χ1) is 11.4. The molecule has 0 aliphatic heterocycles. The third-order valence-corrected chi connectivity index (χ3v) is 4.22. The molecule has 1 heterocycles. The van der Waals surface area contributed by atoms with Gasteiger partial charge >= 0.3 is 5.97 Å². The number of thioether (sulfide) groups is 1. The Labute approximate surface area is 138 Å². The maximum atomic E-state index is 14.4. The molecule has 124 valence electrons. The van der Waals surface area contributed by atoms with Gasteiger partial charge in [0.1, 0.15) is 11.6 Å². The Hall–Kier alpha value is -2.61. The number of carboxylic acids is 1. The molecule has 2 aromatic carbocycles. The monoisotopic (exact) mass is 353 g/mol. The number of nitrogens with one attached hydrogen (secondary N) is 1. The van der Waals surface area contributed by atoms with Gasteiger partial charge in [0.15, 0.2) is 11.6 Å². The summed E-state index contributed by atoms with van der Waals surface area (Å²) in [6, 6.07) is 4.52. The number of hydrogen-bond donors (Lipinski definition) is 2. The molecule has 0 saturated heterocycles. The average Bonchev–Trinajstić information content (AvgIpc) is 3.03. The van der Waals surface area contributed by atoms with Crippen LogP contribution in [-0.4, -0.2) is 22.3 Å². The Morgan fingerprint density at radius 2 is 1.96 bits per heavy atom. The van der Waals surface area contributed by atoms with Gasteiger partial charge in [-0.3, -0.25) is 0 Å². The fraction of sp³-hybridized carbons (Fsp3) is 0.0625. The van der Waals surface area contributed by atoms with Gasteiger partial charge in [-0.2, -0.15) is 4.39 Å². The molecule has 0 saturated carbocycles. The highest BCUT2D eigenvalue weighted by Gasteiger charge is 2.23. The number of benzene rings is 2. The summed E-state index contributed by atoms with van der Waals surface area (Å²) in [5.74, 6) is -5.25. The lowest BCUT2D eigenvalue weighted by Gasteiger charge is -2.13. The fourth-order valence-corrected chi connectivity index (χ4v) is 3.02. The molecule has 3 rings (SSSR count). The summed E-state index contributed by atoms with van der Waals surface area (Å²) in [5.41, 5.74) is -0.615. The van der Waals surface area contributed by atoms with Crippen LogP contribution in [0.25, 0.3) is 10.9 Å². The number of aromatic amines is 1. The second-order valence-electron chi connectivity index (χ2n) is 4.81. The largest absolute Gasteiger partial charge is 0.478 e. The van der Waals surface area contributed by atoms with Crippen LogP contribution in [0, 0.1) is 17.5 Å². The Balaban J connectivity index is 2.15. The molecule has 8 heteroatoms. The Bertz CT molecular complexity index is 955. The molecular weight excluding hydrogens is 343 g/mol. The van der Waals surface area contributed by atoms with Crippen LogP contribution >= 0.6 is 11.8 Å². The Morgan fingerprint density at radius 1 is 1.21 bits per heavy atom. The standard InChI is InChI=1S/C16H10F3NO3S/c1-24-15-8-4-5-20-13(8)11(18)12(19)14(15)23-7-2-3-10(17)9(6-7)16(21)22/h2-6,20H,1H3,(H,21,22). The van der Waals surface area contributed by atoms with E-state index in [1.165, 1.54) is 6.20 Å². The molecule has 0 fully saturated rings. The van der Waals surface area contributed by atoms with Crippen LogP contribution < -0.4 is 4.74 Å². The third-order valence-electron chi connectivity index (χ3n) is 3.40. The van der Waals surface area contributed by atoms with E-state index < -0.39 is 29.0 Å². The van der Waals surface area contributed by atoms with Crippen LogP contribution in [0.5, 0.6) is 11.5 Å². The summed E-state index contributed by atoms with van der Waals surface area (Å²) in [6.07, 6.45) is 3.14. The first-order valence-electron chi connectivity index (χ1n) is 6.66. The van der Waals surface area contributed by atoms with Crippen LogP contribution in [0.4, 0.5) is 13.2 Å². The van der Waals surface area contributed by atoms with Gasteiger partial charge < -0.3 is 14.8 Å². The van der Waals surface area contributed by atoms with Crippen LogP contribution in [0.2, 0.25) is 0 Å². The van der Waals surface area contributed by atoms with E-state index in [-0.39, 0.29) is 17.0 Å². The molecule has 2 N–H and O–H groups in total. The quantitative estimate of drug-likeness (QED) is 0.662. The fourth-order valence-electron chi connectivity index (χ4n) is 2.32. The Morgan fingerprint density at radius 3 is 2.62 bits per heavy atom. The molecule has 0 spiro atoms. The number of aromatic nitrogens is 1. The molecule has 3 aromatic rings. The van der Waals surface area contributed by atoms with Crippen LogP contribution in [0.1, 0.15) is 10.4 Å². The maximum Gasteiger partial charge on any atom is 0.338 e. The van der Waals surface area contributed by atoms with Crippen molar-refractivity contribution in [1.29, 1.82) is 0 Å². The first kappa shape index (κ1) is 16.3. The van der Waals surface area contributed by atoms with E-state index >= 15 is 0 Å². The molecular formula is C16H10F3NO3S. The molecule has 0 aliphatic rings. The van der Waals surface area contributed by atoms with Gasteiger partial charge in [0.25, 0.3) is 0 Å². The summed E-state index contributed by atoms with van der Waals surface area (Å²) in [4.78, 5) is 13.9. The smallest absolute Gasteiger partial charge is 0.338 e. The van der Waals surface area contributed by atoms with Crippen LogP contribution in [0.15, 0.2) is 35.4 Å². The summed E-state index contributed by atoms with van der Waals surface area (Å²) < 4.78 is 47.3. The van der Waals surface area contributed by atoms with Gasteiger partial charge in [0.05, 0.1) is 16.0 Å². The zero-order chi connectivity index (χ0) is 17.4. The third kappa shape index (κ3) is 2.58. The van der Waals surface area contributed by atoms with Crippen LogP contribution in [0.3, 0.4) is 0 Å². The van der Waals surface area contributed by atoms with Crippen molar-refractivity contribution in [3.63, 3.8) is 0 Å². The lowest BCUT2D eigenvalue weighted by atomic mass is 10.2. The van der Waals surface area contributed by atoms with E-state index in [4.69, 9.17) is 9.84 Å². The van der Waals surface area contributed by atoms with Crippen molar-refractivity contribution < 1.29 is 27.8 Å². The number of aromatic carboxylic acids is 1. The molecule has 4 nitrogen and oxygen atoms in total. The highest BCUT2D eigenvalue weighted by atomic mass is 32.2. The number of carboxylic acid groups (broad SMARTS) is 1. The molecule has 1 aromatic heterocycles. The summed E-state index contributed by atoms with van der Waals surface area (Å²) >= 11 is 1.14. The second-order valence-corrected chi connectivity index (χ2v) is 5.62. The molecule has 0 bridgehead atoms. The molecule has 0 aliphatic carbocycles. The van der Waals surface area contributed by atoms with E-state index in [1.54, 1.807) is 12.3 Å².